The van der Waals surface area contributed by atoms with E-state index in [2.05, 4.69) is 10.6 Å². The van der Waals surface area contributed by atoms with Crippen molar-refractivity contribution in [2.45, 2.75) is 19.8 Å². The number of carbonyl (C=O) groups excluding carboxylic acids is 1. The Bertz CT molecular complexity index is 403. The molecule has 2 rings (SSSR count). The summed E-state index contributed by atoms with van der Waals surface area (Å²) in [6.07, 6.45) is 2.50. The maximum absolute atomic E-state index is 11.6. The van der Waals surface area contributed by atoms with Gasteiger partial charge in [0.15, 0.2) is 0 Å². The summed E-state index contributed by atoms with van der Waals surface area (Å²) in [5, 5.41) is 6.03. The van der Waals surface area contributed by atoms with Gasteiger partial charge in [-0.1, -0.05) is 12.1 Å². The van der Waals surface area contributed by atoms with Crippen LogP contribution in [0, 0.1) is 5.92 Å². The van der Waals surface area contributed by atoms with Crippen LogP contribution < -0.4 is 15.4 Å². The highest BCUT2D eigenvalue weighted by molar-refractivity contribution is 5.81. The molecule has 0 aliphatic heterocycles. The Labute approximate surface area is 108 Å². The monoisotopic (exact) mass is 248 g/mol. The van der Waals surface area contributed by atoms with Crippen LogP contribution >= 0.6 is 0 Å². The Morgan fingerprint density at radius 1 is 1.39 bits per heavy atom. The fourth-order valence-corrected chi connectivity index (χ4v) is 1.71. The van der Waals surface area contributed by atoms with Gasteiger partial charge in [-0.2, -0.15) is 0 Å². The zero-order chi connectivity index (χ0) is 12.8. The maximum Gasteiger partial charge on any atom is 0.239 e. The van der Waals surface area contributed by atoms with Crippen LogP contribution in [0.25, 0.3) is 0 Å². The van der Waals surface area contributed by atoms with E-state index in [1.54, 1.807) is 0 Å². The molecule has 1 aromatic carbocycles. The molecule has 0 bridgehead atoms. The predicted octanol–water partition coefficient (Wildman–Crippen LogP) is 2.02. The van der Waals surface area contributed by atoms with Gasteiger partial charge in [-0.15, -0.1) is 0 Å². The Balaban J connectivity index is 1.78. The van der Waals surface area contributed by atoms with Gasteiger partial charge in [0.25, 0.3) is 0 Å². The van der Waals surface area contributed by atoms with Gasteiger partial charge in [-0.25, -0.2) is 0 Å². The molecule has 0 aromatic heterocycles. The first-order valence-corrected chi connectivity index (χ1v) is 6.52. The first-order chi connectivity index (χ1) is 8.79. The number of hydrogen-bond acceptors (Lipinski definition) is 3. The molecule has 1 saturated carbocycles. The molecule has 1 aliphatic carbocycles. The standard InChI is InChI=1S/C14H20N2O2/c1-2-18-13-6-4-3-5-12(13)15-10-14(17)16-9-11-7-8-11/h3-6,11,15H,2,7-10H2,1H3,(H,16,17). The van der Waals surface area contributed by atoms with Crippen molar-refractivity contribution in [3.8, 4) is 5.75 Å². The molecule has 1 fully saturated rings. The van der Waals surface area contributed by atoms with Gasteiger partial charge in [0.1, 0.15) is 5.75 Å². The predicted molar refractivity (Wildman–Crippen MR) is 71.8 cm³/mol. The normalized spacial score (nSPS) is 14.1. The molecule has 0 radical (unpaired) electrons. The second-order valence-corrected chi connectivity index (χ2v) is 4.53. The lowest BCUT2D eigenvalue weighted by molar-refractivity contribution is -0.119. The first kappa shape index (κ1) is 12.7. The van der Waals surface area contributed by atoms with Crippen LogP contribution in [0.15, 0.2) is 24.3 Å². The maximum atomic E-state index is 11.6. The fraction of sp³-hybridized carbons (Fsp3) is 0.500. The smallest absolute Gasteiger partial charge is 0.239 e. The van der Waals surface area contributed by atoms with E-state index in [4.69, 9.17) is 4.74 Å². The minimum absolute atomic E-state index is 0.0354. The summed E-state index contributed by atoms with van der Waals surface area (Å²) in [5.74, 6) is 1.54. The minimum Gasteiger partial charge on any atom is -0.492 e. The van der Waals surface area contributed by atoms with Crippen LogP contribution in [0.4, 0.5) is 5.69 Å². The third-order valence-corrected chi connectivity index (χ3v) is 2.91. The third kappa shape index (κ3) is 3.95. The molecule has 0 atom stereocenters. The molecule has 4 nitrogen and oxygen atoms in total. The summed E-state index contributed by atoms with van der Waals surface area (Å²) in [6, 6.07) is 7.66. The molecular weight excluding hydrogens is 228 g/mol. The average Bonchev–Trinajstić information content (AvgIpc) is 3.20. The van der Waals surface area contributed by atoms with Gasteiger partial charge in [0.05, 0.1) is 18.8 Å². The molecule has 1 aliphatic rings. The Morgan fingerprint density at radius 2 is 2.17 bits per heavy atom. The molecule has 0 heterocycles. The Hall–Kier alpha value is -1.71. The number of para-hydroxylation sites is 2. The highest BCUT2D eigenvalue weighted by Crippen LogP contribution is 2.27. The van der Waals surface area contributed by atoms with E-state index >= 15 is 0 Å². The van der Waals surface area contributed by atoms with Crippen molar-refractivity contribution in [1.29, 1.82) is 0 Å². The van der Waals surface area contributed by atoms with Gasteiger partial charge < -0.3 is 15.4 Å². The average molecular weight is 248 g/mol. The molecule has 0 unspecified atom stereocenters. The number of carbonyl (C=O) groups is 1. The SMILES string of the molecule is CCOc1ccccc1NCC(=O)NCC1CC1. The fourth-order valence-electron chi connectivity index (χ4n) is 1.71. The molecule has 98 valence electrons. The van der Waals surface area contributed by atoms with Gasteiger partial charge in [-0.3, -0.25) is 4.79 Å². The third-order valence-electron chi connectivity index (χ3n) is 2.91. The summed E-state index contributed by atoms with van der Waals surface area (Å²) >= 11 is 0. The Morgan fingerprint density at radius 3 is 2.89 bits per heavy atom. The van der Waals surface area contributed by atoms with Crippen LogP contribution in [0.3, 0.4) is 0 Å². The van der Waals surface area contributed by atoms with Crippen molar-refractivity contribution < 1.29 is 9.53 Å². The van der Waals surface area contributed by atoms with E-state index in [0.29, 0.717) is 12.5 Å². The molecule has 1 amide bonds. The summed E-state index contributed by atoms with van der Waals surface area (Å²) in [7, 11) is 0. The topological polar surface area (TPSA) is 50.4 Å². The number of benzene rings is 1. The molecule has 4 heteroatoms. The van der Waals surface area contributed by atoms with E-state index in [9.17, 15) is 4.79 Å². The number of amides is 1. The second kappa shape index (κ2) is 6.28. The zero-order valence-corrected chi connectivity index (χ0v) is 10.7. The lowest BCUT2D eigenvalue weighted by Crippen LogP contribution is -2.31. The second-order valence-electron chi connectivity index (χ2n) is 4.53. The van der Waals surface area contributed by atoms with Gasteiger partial charge in [-0.05, 0) is 37.8 Å². The van der Waals surface area contributed by atoms with Crippen LogP contribution in [0.2, 0.25) is 0 Å². The minimum atomic E-state index is 0.0354. The first-order valence-electron chi connectivity index (χ1n) is 6.52. The summed E-state index contributed by atoms with van der Waals surface area (Å²) in [6.45, 7) is 3.66. The van der Waals surface area contributed by atoms with Crippen molar-refractivity contribution in [3.63, 3.8) is 0 Å². The number of hydrogen-bond donors (Lipinski definition) is 2. The highest BCUT2D eigenvalue weighted by Gasteiger charge is 2.21. The van der Waals surface area contributed by atoms with Crippen LogP contribution in [0.5, 0.6) is 5.75 Å². The summed E-state index contributed by atoms with van der Waals surface area (Å²) in [4.78, 5) is 11.6. The Kier molecular flexibility index (Phi) is 4.45. The van der Waals surface area contributed by atoms with E-state index in [1.807, 2.05) is 31.2 Å². The number of nitrogens with one attached hydrogen (secondary N) is 2. The van der Waals surface area contributed by atoms with Crippen molar-refractivity contribution in [3.05, 3.63) is 24.3 Å². The molecule has 2 N–H and O–H groups in total. The lowest BCUT2D eigenvalue weighted by Gasteiger charge is -2.12. The zero-order valence-electron chi connectivity index (χ0n) is 10.7. The van der Waals surface area contributed by atoms with E-state index in [-0.39, 0.29) is 12.5 Å². The van der Waals surface area contributed by atoms with E-state index in [1.165, 1.54) is 12.8 Å². The van der Waals surface area contributed by atoms with Gasteiger partial charge in [0.2, 0.25) is 5.91 Å². The molecular formula is C14H20N2O2. The quantitative estimate of drug-likeness (QED) is 0.776. The van der Waals surface area contributed by atoms with Gasteiger partial charge >= 0.3 is 0 Å². The molecule has 1 aromatic rings. The van der Waals surface area contributed by atoms with E-state index < -0.39 is 0 Å². The highest BCUT2D eigenvalue weighted by atomic mass is 16.5. The van der Waals surface area contributed by atoms with Crippen molar-refractivity contribution in [1.82, 2.24) is 5.32 Å². The number of anilines is 1. The van der Waals surface area contributed by atoms with Crippen molar-refractivity contribution in [2.24, 2.45) is 5.92 Å². The van der Waals surface area contributed by atoms with Crippen LogP contribution in [-0.2, 0) is 4.79 Å². The van der Waals surface area contributed by atoms with Crippen molar-refractivity contribution >= 4 is 11.6 Å². The van der Waals surface area contributed by atoms with E-state index in [0.717, 1.165) is 18.0 Å². The molecule has 0 spiro atoms. The van der Waals surface area contributed by atoms with Crippen LogP contribution in [0.1, 0.15) is 19.8 Å². The van der Waals surface area contributed by atoms with Crippen LogP contribution in [-0.4, -0.2) is 25.6 Å². The summed E-state index contributed by atoms with van der Waals surface area (Å²) in [5.41, 5.74) is 0.862. The number of rotatable bonds is 7. The molecule has 0 saturated heterocycles. The molecule has 18 heavy (non-hydrogen) atoms. The van der Waals surface area contributed by atoms with Crippen molar-refractivity contribution in [2.75, 3.05) is 25.0 Å². The number of ether oxygens (including phenoxy) is 1. The summed E-state index contributed by atoms with van der Waals surface area (Å²) < 4.78 is 5.48. The largest absolute Gasteiger partial charge is 0.492 e. The lowest BCUT2D eigenvalue weighted by atomic mass is 10.3. The van der Waals surface area contributed by atoms with Gasteiger partial charge in [0, 0.05) is 6.54 Å².